The predicted molar refractivity (Wildman–Crippen MR) is 204 cm³/mol. The molecule has 2 fully saturated rings. The maximum atomic E-state index is 14.4. The molecule has 5 aliphatic rings. The van der Waals surface area contributed by atoms with Crippen molar-refractivity contribution >= 4 is 28.7 Å². The van der Waals surface area contributed by atoms with Crippen molar-refractivity contribution in [2.45, 2.75) is 53.4 Å². The van der Waals surface area contributed by atoms with Crippen molar-refractivity contribution in [3.8, 4) is 34.3 Å². The molecule has 0 radical (unpaired) electrons. The molecule has 1 unspecified atom stereocenters. The number of nitrogens with zero attached hydrogens (tertiary/aromatic N) is 4. The van der Waals surface area contributed by atoms with Crippen LogP contribution in [0.2, 0.25) is 0 Å². The van der Waals surface area contributed by atoms with E-state index in [2.05, 4.69) is 91.5 Å². The van der Waals surface area contributed by atoms with Gasteiger partial charge in [0.15, 0.2) is 0 Å². The van der Waals surface area contributed by atoms with E-state index in [9.17, 15) is 9.59 Å². The molecule has 8 nitrogen and oxygen atoms in total. The largest absolute Gasteiger partial charge is 0.456 e. The number of rotatable bonds is 9. The van der Waals surface area contributed by atoms with Gasteiger partial charge in [-0.3, -0.25) is 4.79 Å². The SMILES string of the molecule is CCN(CC)c1ccc2c(-c3ccccc3C(=O)N3CCN(C(=O)OCC4[C@H]5CCC#CCC[C@@H]45)CC3)c3ccc(=[N+](CC)CC)cc-3oc2c1. The highest BCUT2D eigenvalue weighted by Gasteiger charge is 2.49. The molecule has 1 saturated carbocycles. The molecule has 2 aromatic carbocycles. The highest BCUT2D eigenvalue weighted by atomic mass is 16.6. The Kier molecular flexibility index (Phi) is 10.4. The Morgan fingerprint density at radius 2 is 1.53 bits per heavy atom. The summed E-state index contributed by atoms with van der Waals surface area (Å²) < 4.78 is 14.8. The minimum atomic E-state index is -0.267. The van der Waals surface area contributed by atoms with Crippen LogP contribution in [0.15, 0.2) is 65.1 Å². The summed E-state index contributed by atoms with van der Waals surface area (Å²) in [6.07, 6.45) is 3.86. The summed E-state index contributed by atoms with van der Waals surface area (Å²) in [5.41, 5.74) is 5.39. The second-order valence-corrected chi connectivity index (χ2v) is 14.0. The molecule has 3 aliphatic carbocycles. The summed E-state index contributed by atoms with van der Waals surface area (Å²) in [5.74, 6) is 9.00. The zero-order chi connectivity index (χ0) is 35.5. The van der Waals surface area contributed by atoms with Gasteiger partial charge in [-0.1, -0.05) is 18.2 Å². The second kappa shape index (κ2) is 15.2. The van der Waals surface area contributed by atoms with E-state index in [0.29, 0.717) is 56.1 Å². The molecular weight excluding hydrogens is 636 g/mol. The smallest absolute Gasteiger partial charge is 0.409 e. The number of carbonyl (C=O) groups excluding carboxylic acids is 2. The summed E-state index contributed by atoms with van der Waals surface area (Å²) in [5, 5.41) is 2.08. The fourth-order valence-electron chi connectivity index (χ4n) is 8.42. The van der Waals surface area contributed by atoms with Crippen LogP contribution in [0.4, 0.5) is 10.5 Å². The minimum absolute atomic E-state index is 0.0309. The molecule has 51 heavy (non-hydrogen) atoms. The van der Waals surface area contributed by atoms with Crippen LogP contribution >= 0.6 is 0 Å². The fourth-order valence-corrected chi connectivity index (χ4v) is 8.42. The Labute approximate surface area is 302 Å². The maximum absolute atomic E-state index is 14.4. The van der Waals surface area contributed by atoms with Crippen LogP contribution in [0, 0.1) is 29.6 Å². The molecule has 0 N–H and O–H groups in total. The van der Waals surface area contributed by atoms with E-state index in [4.69, 9.17) is 9.15 Å². The van der Waals surface area contributed by atoms with Crippen LogP contribution in [-0.4, -0.2) is 80.8 Å². The summed E-state index contributed by atoms with van der Waals surface area (Å²) in [6.45, 7) is 14.5. The number of anilines is 1. The molecule has 2 heterocycles. The van der Waals surface area contributed by atoms with Crippen molar-refractivity contribution in [3.05, 3.63) is 71.6 Å². The predicted octanol–water partition coefficient (Wildman–Crippen LogP) is 7.20. The minimum Gasteiger partial charge on any atom is -0.456 e. The van der Waals surface area contributed by atoms with Gasteiger partial charge in [0.25, 0.3) is 5.91 Å². The molecule has 2 amide bonds. The lowest BCUT2D eigenvalue weighted by atomic mass is 9.90. The van der Waals surface area contributed by atoms with Gasteiger partial charge < -0.3 is 23.9 Å². The molecule has 266 valence electrons. The number of piperazine rings is 1. The van der Waals surface area contributed by atoms with E-state index in [1.54, 1.807) is 4.90 Å². The lowest BCUT2D eigenvalue weighted by Gasteiger charge is -2.34. The Bertz CT molecular complexity index is 1990. The molecule has 2 aliphatic heterocycles. The first kappa shape index (κ1) is 34.7. The first-order chi connectivity index (χ1) is 24.9. The summed E-state index contributed by atoms with van der Waals surface area (Å²) >= 11 is 0. The molecule has 8 heteroatoms. The van der Waals surface area contributed by atoms with Crippen LogP contribution in [0.1, 0.15) is 63.7 Å². The van der Waals surface area contributed by atoms with Gasteiger partial charge in [-0.2, -0.15) is 0 Å². The van der Waals surface area contributed by atoms with Gasteiger partial charge in [0.1, 0.15) is 24.4 Å². The van der Waals surface area contributed by atoms with Crippen molar-refractivity contribution in [3.63, 3.8) is 0 Å². The normalized spacial score (nSPS) is 19.8. The average molecular weight is 688 g/mol. The van der Waals surface area contributed by atoms with Crippen molar-refractivity contribution in [1.82, 2.24) is 14.4 Å². The molecule has 0 aromatic heterocycles. The van der Waals surface area contributed by atoms with Crippen LogP contribution in [0.25, 0.3) is 33.4 Å². The molecular formula is C43H51N4O4+. The third kappa shape index (κ3) is 6.96. The van der Waals surface area contributed by atoms with E-state index in [1.807, 2.05) is 23.1 Å². The monoisotopic (exact) mass is 687 g/mol. The van der Waals surface area contributed by atoms with Gasteiger partial charge >= 0.3 is 6.09 Å². The first-order valence-corrected chi connectivity index (χ1v) is 19.0. The molecule has 1 saturated heterocycles. The fraction of sp³-hybridized carbons (Fsp3) is 0.465. The van der Waals surface area contributed by atoms with E-state index in [1.165, 1.54) is 0 Å². The highest BCUT2D eigenvalue weighted by Crippen LogP contribution is 2.52. The Hall–Kier alpha value is -4.77. The lowest BCUT2D eigenvalue weighted by Crippen LogP contribution is -2.50. The van der Waals surface area contributed by atoms with E-state index in [0.717, 1.165) is 96.3 Å². The van der Waals surface area contributed by atoms with Crippen molar-refractivity contribution < 1.29 is 18.7 Å². The third-order valence-electron chi connectivity index (χ3n) is 11.4. The number of hydrogen-bond acceptors (Lipinski definition) is 5. The number of benzene rings is 3. The summed E-state index contributed by atoms with van der Waals surface area (Å²) in [6, 6.07) is 20.8. The van der Waals surface area contributed by atoms with E-state index in [-0.39, 0.29) is 12.0 Å². The quantitative estimate of drug-likeness (QED) is 0.106. The molecule has 2 aromatic rings. The number of hydrogen-bond donors (Lipinski definition) is 0. The number of ether oxygens (including phenoxy) is 1. The van der Waals surface area contributed by atoms with Crippen LogP contribution in [0.3, 0.4) is 0 Å². The number of carbonyl (C=O) groups is 2. The zero-order valence-corrected chi connectivity index (χ0v) is 30.6. The highest BCUT2D eigenvalue weighted by molar-refractivity contribution is 6.09. The van der Waals surface area contributed by atoms with Crippen molar-refractivity contribution in [2.75, 3.05) is 63.9 Å². The zero-order valence-electron chi connectivity index (χ0n) is 30.6. The molecule has 7 rings (SSSR count). The Morgan fingerprint density at radius 3 is 2.22 bits per heavy atom. The second-order valence-electron chi connectivity index (χ2n) is 14.0. The van der Waals surface area contributed by atoms with E-state index < -0.39 is 0 Å². The maximum Gasteiger partial charge on any atom is 0.409 e. The van der Waals surface area contributed by atoms with Crippen molar-refractivity contribution in [2.24, 2.45) is 17.8 Å². The van der Waals surface area contributed by atoms with Gasteiger partial charge in [0, 0.05) is 92.0 Å². The van der Waals surface area contributed by atoms with Gasteiger partial charge in [-0.15, -0.1) is 11.8 Å². The molecule has 0 bridgehead atoms. The van der Waals surface area contributed by atoms with E-state index >= 15 is 0 Å². The third-order valence-corrected chi connectivity index (χ3v) is 11.4. The van der Waals surface area contributed by atoms with Gasteiger partial charge in [-0.05, 0) is 88.1 Å². The lowest BCUT2D eigenvalue weighted by molar-refractivity contribution is 0.0545. The summed E-state index contributed by atoms with van der Waals surface area (Å²) in [7, 11) is 0. The summed E-state index contributed by atoms with van der Waals surface area (Å²) in [4.78, 5) is 33.4. The number of fused-ring (bicyclic) bond motifs is 3. The van der Waals surface area contributed by atoms with Crippen LogP contribution in [0.5, 0.6) is 0 Å². The topological polar surface area (TPSA) is 69.2 Å². The van der Waals surface area contributed by atoms with Crippen LogP contribution in [-0.2, 0) is 4.74 Å². The van der Waals surface area contributed by atoms with Crippen molar-refractivity contribution in [1.29, 1.82) is 0 Å². The average Bonchev–Trinajstić information content (AvgIpc) is 3.81. The van der Waals surface area contributed by atoms with Crippen LogP contribution < -0.4 is 14.8 Å². The standard InChI is InChI=1S/C43H51N4O4/c1-5-44(6-2)30-19-21-36-39(27-30)51-40-28-31(45(7-3)8-4)20-22-37(40)41(36)34-17-13-14-18-35(34)42(48)46-23-25-47(26-24-46)43(49)50-29-38-32-15-11-9-10-12-16-33(32)38/h13-14,17-22,27-28,32-33,38H,5-8,11-12,15-16,23-26,29H2,1-4H3/q+1/t32-,33+,38?. The number of amides is 2. The Morgan fingerprint density at radius 1 is 0.843 bits per heavy atom. The first-order valence-electron chi connectivity index (χ1n) is 19.0. The van der Waals surface area contributed by atoms with Gasteiger partial charge in [0.2, 0.25) is 5.36 Å². The Balaban J connectivity index is 1.15. The van der Waals surface area contributed by atoms with Gasteiger partial charge in [-0.25, -0.2) is 9.37 Å². The molecule has 0 spiro atoms. The van der Waals surface area contributed by atoms with Gasteiger partial charge in [0.05, 0.1) is 12.7 Å². The molecule has 3 atom stereocenters.